The molecule has 0 amide bonds. The summed E-state index contributed by atoms with van der Waals surface area (Å²) in [4.78, 5) is 11.3. The summed E-state index contributed by atoms with van der Waals surface area (Å²) in [5.41, 5.74) is 0.452. The Bertz CT molecular complexity index is 327. The summed E-state index contributed by atoms with van der Waals surface area (Å²) in [6.45, 7) is 0. The molecule has 5 heteroatoms. The molecule has 0 radical (unpaired) electrons. The first-order chi connectivity index (χ1) is 5.88. The van der Waals surface area contributed by atoms with Crippen molar-refractivity contribution in [2.45, 2.75) is 0 Å². The van der Waals surface area contributed by atoms with Crippen molar-refractivity contribution in [1.29, 1.82) is 0 Å². The van der Waals surface area contributed by atoms with Gasteiger partial charge in [-0.15, -0.1) is 0 Å². The van der Waals surface area contributed by atoms with E-state index in [4.69, 9.17) is 0 Å². The largest absolute Gasteiger partial charge is 0.364 e. The Hall–Kier alpha value is -1.91. The quantitative estimate of drug-likeness (QED) is 0.616. The zero-order valence-electron chi connectivity index (χ0n) is 5.93. The molecule has 0 aliphatic carbocycles. The molecule has 0 aliphatic heterocycles. The molecule has 12 heavy (non-hydrogen) atoms. The Morgan fingerprint density at radius 1 is 1.08 bits per heavy atom. The molecule has 5 nitrogen and oxygen atoms in total. The summed E-state index contributed by atoms with van der Waals surface area (Å²) in [5.74, 6) is -0.308. The fourth-order valence-corrected chi connectivity index (χ4v) is 0.791. The maximum Gasteiger partial charge on any atom is 0.236 e. The molecule has 2 rings (SSSR count). The smallest absolute Gasteiger partial charge is 0.236 e. The van der Waals surface area contributed by atoms with Crippen LogP contribution in [0, 0.1) is 0 Å². The van der Waals surface area contributed by atoms with Gasteiger partial charge in [-0.3, -0.25) is 4.79 Å². The van der Waals surface area contributed by atoms with E-state index in [1.165, 1.54) is 24.7 Å². The first-order valence-electron chi connectivity index (χ1n) is 3.23. The lowest BCUT2D eigenvalue weighted by molar-refractivity contribution is 0.102. The van der Waals surface area contributed by atoms with Crippen molar-refractivity contribution >= 4 is 5.78 Å². The van der Waals surface area contributed by atoms with Gasteiger partial charge in [0.2, 0.25) is 5.78 Å². The van der Waals surface area contributed by atoms with E-state index in [0.29, 0.717) is 0 Å². The summed E-state index contributed by atoms with van der Waals surface area (Å²) in [5, 5.41) is 6.93. The zero-order chi connectivity index (χ0) is 8.39. The molecule has 0 aliphatic rings. The van der Waals surface area contributed by atoms with Crippen LogP contribution < -0.4 is 0 Å². The lowest BCUT2D eigenvalue weighted by Crippen LogP contribution is -2.01. The highest BCUT2D eigenvalue weighted by Gasteiger charge is 2.14. The van der Waals surface area contributed by atoms with Crippen LogP contribution in [0.3, 0.4) is 0 Å². The third-order valence-electron chi connectivity index (χ3n) is 1.34. The lowest BCUT2D eigenvalue weighted by atomic mass is 10.2. The van der Waals surface area contributed by atoms with Gasteiger partial charge in [0.05, 0.1) is 0 Å². The van der Waals surface area contributed by atoms with Crippen LogP contribution in [0.15, 0.2) is 33.7 Å². The monoisotopic (exact) mass is 164 g/mol. The molecule has 2 aromatic heterocycles. The number of nitrogens with zero attached hydrogens (tertiary/aromatic N) is 2. The fraction of sp³-hybridized carbons (Fsp3) is 0. The van der Waals surface area contributed by atoms with E-state index in [2.05, 4.69) is 19.4 Å². The van der Waals surface area contributed by atoms with E-state index < -0.39 is 0 Å². The SMILES string of the molecule is O=C(c1ccon1)c1ccon1. The normalized spacial score (nSPS) is 10.0. The van der Waals surface area contributed by atoms with Crippen molar-refractivity contribution in [3.05, 3.63) is 36.0 Å². The van der Waals surface area contributed by atoms with E-state index in [9.17, 15) is 4.79 Å². The molecule has 0 fully saturated rings. The van der Waals surface area contributed by atoms with Crippen LogP contribution >= 0.6 is 0 Å². The van der Waals surface area contributed by atoms with Crippen LogP contribution in [-0.2, 0) is 0 Å². The number of hydrogen-bond acceptors (Lipinski definition) is 5. The van der Waals surface area contributed by atoms with Gasteiger partial charge >= 0.3 is 0 Å². The first kappa shape index (κ1) is 6.78. The van der Waals surface area contributed by atoms with Gasteiger partial charge in [0.25, 0.3) is 0 Å². The molecule has 0 saturated carbocycles. The Morgan fingerprint density at radius 2 is 1.58 bits per heavy atom. The predicted molar refractivity (Wildman–Crippen MR) is 36.4 cm³/mol. The van der Waals surface area contributed by atoms with E-state index in [1.807, 2.05) is 0 Å². The minimum Gasteiger partial charge on any atom is -0.364 e. The minimum absolute atomic E-state index is 0.226. The average Bonchev–Trinajstić information content (AvgIpc) is 2.77. The summed E-state index contributed by atoms with van der Waals surface area (Å²) in [7, 11) is 0. The number of carbonyl (C=O) groups is 1. The van der Waals surface area contributed by atoms with Crippen molar-refractivity contribution in [1.82, 2.24) is 10.3 Å². The fourth-order valence-electron chi connectivity index (χ4n) is 0.791. The Balaban J connectivity index is 2.34. The molecular weight excluding hydrogens is 160 g/mol. The van der Waals surface area contributed by atoms with E-state index in [1.54, 1.807) is 0 Å². The molecule has 0 spiro atoms. The summed E-state index contributed by atoms with van der Waals surface area (Å²) < 4.78 is 9.01. The second-order valence-corrected chi connectivity index (χ2v) is 2.10. The van der Waals surface area contributed by atoms with Crippen LogP contribution in [0.5, 0.6) is 0 Å². The highest BCUT2D eigenvalue weighted by molar-refractivity contribution is 6.05. The predicted octanol–water partition coefficient (Wildman–Crippen LogP) is 0.894. The van der Waals surface area contributed by atoms with Gasteiger partial charge in [0.15, 0.2) is 11.4 Å². The summed E-state index contributed by atoms with van der Waals surface area (Å²) in [6, 6.07) is 2.94. The molecule has 0 bridgehead atoms. The topological polar surface area (TPSA) is 69.1 Å². The summed E-state index contributed by atoms with van der Waals surface area (Å²) >= 11 is 0. The van der Waals surface area contributed by atoms with E-state index >= 15 is 0 Å². The average molecular weight is 164 g/mol. The third-order valence-corrected chi connectivity index (χ3v) is 1.34. The molecule has 2 aromatic rings. The first-order valence-corrected chi connectivity index (χ1v) is 3.23. The van der Waals surface area contributed by atoms with Crippen molar-refractivity contribution in [2.75, 3.05) is 0 Å². The zero-order valence-corrected chi connectivity index (χ0v) is 5.93. The third kappa shape index (κ3) is 1.01. The lowest BCUT2D eigenvalue weighted by Gasteiger charge is -1.85. The second kappa shape index (κ2) is 2.61. The molecular formula is C7H4N2O3. The van der Waals surface area contributed by atoms with Gasteiger partial charge in [-0.25, -0.2) is 0 Å². The highest BCUT2D eigenvalue weighted by atomic mass is 16.5. The van der Waals surface area contributed by atoms with E-state index in [-0.39, 0.29) is 17.2 Å². The van der Waals surface area contributed by atoms with Crippen molar-refractivity contribution < 1.29 is 13.8 Å². The van der Waals surface area contributed by atoms with Crippen LogP contribution in [0.4, 0.5) is 0 Å². The number of carbonyl (C=O) groups excluding carboxylic acids is 1. The van der Waals surface area contributed by atoms with Crippen LogP contribution in [-0.4, -0.2) is 16.1 Å². The molecule has 60 valence electrons. The van der Waals surface area contributed by atoms with E-state index in [0.717, 1.165) is 0 Å². The van der Waals surface area contributed by atoms with Gasteiger partial charge in [-0.1, -0.05) is 10.3 Å². The van der Waals surface area contributed by atoms with Gasteiger partial charge in [0, 0.05) is 12.1 Å². The van der Waals surface area contributed by atoms with Crippen LogP contribution in [0.2, 0.25) is 0 Å². The van der Waals surface area contributed by atoms with Crippen molar-refractivity contribution in [3.63, 3.8) is 0 Å². The van der Waals surface area contributed by atoms with Crippen molar-refractivity contribution in [2.24, 2.45) is 0 Å². The Morgan fingerprint density at radius 3 is 1.92 bits per heavy atom. The molecule has 0 saturated heterocycles. The minimum atomic E-state index is -0.308. The van der Waals surface area contributed by atoms with Gasteiger partial charge in [0.1, 0.15) is 12.5 Å². The van der Waals surface area contributed by atoms with Gasteiger partial charge < -0.3 is 9.05 Å². The standard InChI is InChI=1S/C7H4N2O3/c10-7(5-1-3-11-8-5)6-2-4-12-9-6/h1-4H. The van der Waals surface area contributed by atoms with Crippen LogP contribution in [0.1, 0.15) is 16.2 Å². The molecule has 2 heterocycles. The highest BCUT2D eigenvalue weighted by Crippen LogP contribution is 2.04. The van der Waals surface area contributed by atoms with Crippen molar-refractivity contribution in [3.8, 4) is 0 Å². The van der Waals surface area contributed by atoms with Crippen LogP contribution in [0.25, 0.3) is 0 Å². The molecule has 0 unspecified atom stereocenters. The van der Waals surface area contributed by atoms with Gasteiger partial charge in [-0.05, 0) is 0 Å². The Labute approximate surface area is 66.9 Å². The number of hydrogen-bond donors (Lipinski definition) is 0. The number of rotatable bonds is 2. The maximum atomic E-state index is 11.3. The van der Waals surface area contributed by atoms with Gasteiger partial charge in [-0.2, -0.15) is 0 Å². The summed E-state index contributed by atoms with van der Waals surface area (Å²) in [6.07, 6.45) is 2.65. The number of aromatic nitrogens is 2. The second-order valence-electron chi connectivity index (χ2n) is 2.10. The number of ketones is 1. The molecule has 0 aromatic carbocycles. The molecule has 0 N–H and O–H groups in total. The Kier molecular flexibility index (Phi) is 1.48. The molecule has 0 atom stereocenters. The maximum absolute atomic E-state index is 11.3.